The molecule has 0 spiro atoms. The number of ether oxygens (including phenoxy) is 2. The molecule has 0 aliphatic carbocycles. The van der Waals surface area contributed by atoms with Gasteiger partial charge in [0.15, 0.2) is 5.60 Å². The van der Waals surface area contributed by atoms with E-state index in [9.17, 15) is 9.59 Å². The second-order valence-electron chi connectivity index (χ2n) is 6.74. The maximum Gasteiger partial charge on any atom is 0.410 e. The molecule has 2 N–H and O–H groups in total. The fourth-order valence-corrected chi connectivity index (χ4v) is 2.49. The van der Waals surface area contributed by atoms with Crippen LogP contribution in [-0.4, -0.2) is 41.2 Å². The first-order valence-electron chi connectivity index (χ1n) is 7.74. The number of carbonyl (C=O) groups is 2. The fraction of sp³-hybridized carbons (Fsp3) is 0.529. The van der Waals surface area contributed by atoms with Crippen LogP contribution in [-0.2, 0) is 9.53 Å². The molecule has 1 fully saturated rings. The van der Waals surface area contributed by atoms with E-state index < -0.39 is 17.1 Å². The number of primary amides is 1. The molecular weight excluding hydrogens is 296 g/mol. The zero-order valence-corrected chi connectivity index (χ0v) is 13.9. The van der Waals surface area contributed by atoms with E-state index in [0.29, 0.717) is 31.7 Å². The number of piperidine rings is 1. The van der Waals surface area contributed by atoms with Crippen LogP contribution in [0.25, 0.3) is 0 Å². The predicted molar refractivity (Wildman–Crippen MR) is 86.0 cm³/mol. The lowest BCUT2D eigenvalue weighted by molar-refractivity contribution is -0.137. The second-order valence-corrected chi connectivity index (χ2v) is 6.74. The van der Waals surface area contributed by atoms with Crippen LogP contribution in [0.5, 0.6) is 5.75 Å². The highest BCUT2D eigenvalue weighted by Gasteiger charge is 2.44. The van der Waals surface area contributed by atoms with E-state index in [4.69, 9.17) is 15.2 Å². The maximum absolute atomic E-state index is 12.1. The van der Waals surface area contributed by atoms with Crippen molar-refractivity contribution in [1.29, 1.82) is 0 Å². The number of amides is 2. The van der Waals surface area contributed by atoms with Gasteiger partial charge < -0.3 is 20.1 Å². The molecule has 2 amide bonds. The van der Waals surface area contributed by atoms with Crippen LogP contribution in [0.1, 0.15) is 33.6 Å². The number of nitrogens with zero attached hydrogens (tertiary/aromatic N) is 1. The molecule has 1 aliphatic heterocycles. The summed E-state index contributed by atoms with van der Waals surface area (Å²) in [5, 5.41) is 0. The van der Waals surface area contributed by atoms with Gasteiger partial charge in [-0.1, -0.05) is 18.2 Å². The molecule has 126 valence electrons. The number of hydrogen-bond acceptors (Lipinski definition) is 4. The number of likely N-dealkylation sites (tertiary alicyclic amines) is 1. The molecule has 23 heavy (non-hydrogen) atoms. The fourth-order valence-electron chi connectivity index (χ4n) is 2.49. The second kappa shape index (κ2) is 6.48. The molecule has 1 heterocycles. The summed E-state index contributed by atoms with van der Waals surface area (Å²) in [5.74, 6) is 0.0854. The summed E-state index contributed by atoms with van der Waals surface area (Å²) in [6.07, 6.45) is 0.308. The molecule has 1 aromatic carbocycles. The summed E-state index contributed by atoms with van der Waals surface area (Å²) in [6, 6.07) is 9.10. The molecule has 1 aliphatic rings. The van der Waals surface area contributed by atoms with Crippen molar-refractivity contribution in [2.24, 2.45) is 5.73 Å². The topological polar surface area (TPSA) is 81.9 Å². The molecule has 0 saturated carbocycles. The van der Waals surface area contributed by atoms with Gasteiger partial charge in [-0.25, -0.2) is 4.79 Å². The van der Waals surface area contributed by atoms with Crippen molar-refractivity contribution in [2.75, 3.05) is 13.1 Å². The molecule has 0 atom stereocenters. The zero-order chi connectivity index (χ0) is 17.1. The maximum atomic E-state index is 12.1. The van der Waals surface area contributed by atoms with Crippen LogP contribution in [0.4, 0.5) is 4.79 Å². The van der Waals surface area contributed by atoms with Crippen molar-refractivity contribution >= 4 is 12.0 Å². The van der Waals surface area contributed by atoms with Crippen LogP contribution in [0.15, 0.2) is 30.3 Å². The minimum atomic E-state index is -1.08. The Morgan fingerprint density at radius 1 is 1.13 bits per heavy atom. The normalized spacial score (nSPS) is 17.4. The first-order valence-corrected chi connectivity index (χ1v) is 7.74. The van der Waals surface area contributed by atoms with Crippen LogP contribution >= 0.6 is 0 Å². The molecule has 1 aromatic rings. The quantitative estimate of drug-likeness (QED) is 0.926. The number of benzene rings is 1. The minimum absolute atomic E-state index is 0.344. The first kappa shape index (κ1) is 17.1. The van der Waals surface area contributed by atoms with E-state index in [2.05, 4.69) is 0 Å². The van der Waals surface area contributed by atoms with Gasteiger partial charge in [-0.2, -0.15) is 0 Å². The Kier molecular flexibility index (Phi) is 4.82. The van der Waals surface area contributed by atoms with Gasteiger partial charge in [0.2, 0.25) is 0 Å². The largest absolute Gasteiger partial charge is 0.477 e. The van der Waals surface area contributed by atoms with Gasteiger partial charge in [0.1, 0.15) is 11.4 Å². The van der Waals surface area contributed by atoms with E-state index >= 15 is 0 Å². The van der Waals surface area contributed by atoms with Crippen molar-refractivity contribution in [3.05, 3.63) is 30.3 Å². The Balaban J connectivity index is 2.03. The predicted octanol–water partition coefficient (Wildman–Crippen LogP) is 2.32. The average molecular weight is 320 g/mol. The first-order chi connectivity index (χ1) is 10.7. The lowest BCUT2D eigenvalue weighted by atomic mass is 9.90. The summed E-state index contributed by atoms with van der Waals surface area (Å²) in [4.78, 5) is 25.6. The molecule has 1 saturated heterocycles. The Labute approximate surface area is 136 Å². The van der Waals surface area contributed by atoms with Crippen LogP contribution in [0.2, 0.25) is 0 Å². The minimum Gasteiger partial charge on any atom is -0.477 e. The van der Waals surface area contributed by atoms with Crippen molar-refractivity contribution < 1.29 is 19.1 Å². The standard InChI is InChI=1S/C17H24N2O4/c1-16(2,3)23-15(21)19-11-9-17(10-12-19,14(18)20)22-13-7-5-4-6-8-13/h4-8H,9-12H2,1-3H3,(H2,18,20). The van der Waals surface area contributed by atoms with Gasteiger partial charge in [-0.05, 0) is 32.9 Å². The molecule has 6 nitrogen and oxygen atoms in total. The monoisotopic (exact) mass is 320 g/mol. The highest BCUT2D eigenvalue weighted by atomic mass is 16.6. The summed E-state index contributed by atoms with van der Waals surface area (Å²) in [6.45, 7) is 6.19. The summed E-state index contributed by atoms with van der Waals surface area (Å²) in [7, 11) is 0. The summed E-state index contributed by atoms with van der Waals surface area (Å²) < 4.78 is 11.2. The SMILES string of the molecule is CC(C)(C)OC(=O)N1CCC(Oc2ccccc2)(C(N)=O)CC1. The van der Waals surface area contributed by atoms with Crippen molar-refractivity contribution in [1.82, 2.24) is 4.90 Å². The molecule has 6 heteroatoms. The van der Waals surface area contributed by atoms with Crippen molar-refractivity contribution in [3.8, 4) is 5.75 Å². The summed E-state index contributed by atoms with van der Waals surface area (Å²) >= 11 is 0. The molecular formula is C17H24N2O4. The van der Waals surface area contributed by atoms with E-state index in [-0.39, 0.29) is 6.09 Å². The van der Waals surface area contributed by atoms with E-state index in [0.717, 1.165) is 0 Å². The number of carbonyl (C=O) groups excluding carboxylic acids is 2. The summed E-state index contributed by atoms with van der Waals surface area (Å²) in [5.41, 5.74) is 3.95. The Bertz CT molecular complexity index is 558. The third-order valence-electron chi connectivity index (χ3n) is 3.73. The Hall–Kier alpha value is -2.24. The highest BCUT2D eigenvalue weighted by molar-refractivity contribution is 5.84. The molecule has 2 rings (SSSR count). The lowest BCUT2D eigenvalue weighted by Crippen LogP contribution is -2.57. The van der Waals surface area contributed by atoms with Gasteiger partial charge in [0, 0.05) is 25.9 Å². The van der Waals surface area contributed by atoms with Gasteiger partial charge in [-0.3, -0.25) is 4.79 Å². The number of hydrogen-bond donors (Lipinski definition) is 1. The third-order valence-corrected chi connectivity index (χ3v) is 3.73. The lowest BCUT2D eigenvalue weighted by Gasteiger charge is -2.39. The van der Waals surface area contributed by atoms with Gasteiger partial charge in [0.25, 0.3) is 5.91 Å². The van der Waals surface area contributed by atoms with E-state index in [1.165, 1.54) is 0 Å². The molecule has 0 unspecified atom stereocenters. The highest BCUT2D eigenvalue weighted by Crippen LogP contribution is 2.29. The van der Waals surface area contributed by atoms with E-state index in [1.54, 1.807) is 17.0 Å². The Morgan fingerprint density at radius 2 is 1.70 bits per heavy atom. The van der Waals surface area contributed by atoms with Gasteiger partial charge >= 0.3 is 6.09 Å². The van der Waals surface area contributed by atoms with Gasteiger partial charge in [-0.15, -0.1) is 0 Å². The number of rotatable bonds is 3. The number of para-hydroxylation sites is 1. The smallest absolute Gasteiger partial charge is 0.410 e. The van der Waals surface area contributed by atoms with Crippen LogP contribution in [0.3, 0.4) is 0 Å². The zero-order valence-electron chi connectivity index (χ0n) is 13.9. The van der Waals surface area contributed by atoms with Crippen LogP contribution < -0.4 is 10.5 Å². The van der Waals surface area contributed by atoms with Crippen molar-refractivity contribution in [2.45, 2.75) is 44.8 Å². The molecule has 0 aromatic heterocycles. The average Bonchev–Trinajstić information content (AvgIpc) is 2.47. The van der Waals surface area contributed by atoms with Crippen molar-refractivity contribution in [3.63, 3.8) is 0 Å². The third kappa shape index (κ3) is 4.37. The molecule has 0 bridgehead atoms. The Morgan fingerprint density at radius 3 is 2.17 bits per heavy atom. The van der Waals surface area contributed by atoms with Gasteiger partial charge in [0.05, 0.1) is 0 Å². The van der Waals surface area contributed by atoms with Crippen LogP contribution in [0, 0.1) is 0 Å². The van der Waals surface area contributed by atoms with E-state index in [1.807, 2.05) is 39.0 Å². The molecule has 0 radical (unpaired) electrons. The number of nitrogens with two attached hydrogens (primary N) is 1.